The zero-order chi connectivity index (χ0) is 24.6. The molecule has 1 aromatic carbocycles. The van der Waals surface area contributed by atoms with E-state index in [1.165, 1.54) is 22.3 Å². The summed E-state index contributed by atoms with van der Waals surface area (Å²) in [4.78, 5) is 34.8. The number of benzene rings is 1. The van der Waals surface area contributed by atoms with Gasteiger partial charge in [-0.2, -0.15) is 4.31 Å². The van der Waals surface area contributed by atoms with E-state index in [1.54, 1.807) is 17.0 Å². The largest absolute Gasteiger partial charge is 0.322 e. The molecule has 1 aliphatic carbocycles. The molecule has 1 aromatic heterocycles. The van der Waals surface area contributed by atoms with Gasteiger partial charge in [0, 0.05) is 32.4 Å². The molecular formula is C24H29N5O4S2. The van der Waals surface area contributed by atoms with Crippen molar-refractivity contribution in [3.8, 4) is 0 Å². The van der Waals surface area contributed by atoms with Gasteiger partial charge in [0.1, 0.15) is 10.4 Å². The van der Waals surface area contributed by atoms with Crippen LogP contribution in [-0.4, -0.2) is 78.9 Å². The number of hydrogen-bond donors (Lipinski definition) is 1. The topological polar surface area (TPSA) is 103 Å². The maximum Gasteiger partial charge on any atom is 0.250 e. The number of sulfonamides is 1. The Hall–Kier alpha value is -2.47. The van der Waals surface area contributed by atoms with Crippen molar-refractivity contribution in [2.75, 3.05) is 49.2 Å². The van der Waals surface area contributed by atoms with Crippen LogP contribution in [0.4, 0.5) is 11.4 Å². The lowest BCUT2D eigenvalue weighted by atomic mass is 9.90. The molecule has 0 bridgehead atoms. The van der Waals surface area contributed by atoms with Crippen LogP contribution in [0.25, 0.3) is 0 Å². The van der Waals surface area contributed by atoms with Gasteiger partial charge in [-0.3, -0.25) is 14.5 Å². The molecule has 186 valence electrons. The zero-order valence-electron chi connectivity index (χ0n) is 19.6. The average Bonchev–Trinajstić information content (AvgIpc) is 3.34. The van der Waals surface area contributed by atoms with Crippen LogP contribution >= 0.6 is 11.8 Å². The molecule has 2 aromatic rings. The van der Waals surface area contributed by atoms with Crippen molar-refractivity contribution in [1.82, 2.24) is 14.2 Å². The summed E-state index contributed by atoms with van der Waals surface area (Å²) in [6.07, 6.45) is 4.44. The van der Waals surface area contributed by atoms with E-state index in [0.29, 0.717) is 49.7 Å². The van der Waals surface area contributed by atoms with Crippen molar-refractivity contribution < 1.29 is 18.0 Å². The molecule has 11 heteroatoms. The molecule has 5 rings (SSSR count). The average molecular weight is 516 g/mol. The number of aromatic nitrogens is 1. The number of hydrogen-bond acceptors (Lipinski definition) is 7. The standard InChI is InChI=1S/C24H29N5O4S2/c1-27-12-14-28(15-13-27)35(32,33)18-8-9-21(25-16-18)34-17-22(30)29-20-7-3-2-6-19(20)26-23(31)24(29)10-4-5-11-24/h2-3,6-9,16H,4-5,10-15,17H2,1H3,(H,26,31). The Balaban J connectivity index is 1.31. The van der Waals surface area contributed by atoms with Crippen LogP contribution < -0.4 is 10.2 Å². The summed E-state index contributed by atoms with van der Waals surface area (Å²) >= 11 is 1.25. The summed E-state index contributed by atoms with van der Waals surface area (Å²) in [7, 11) is -1.62. The number of carbonyl (C=O) groups excluding carboxylic acids is 2. The highest BCUT2D eigenvalue weighted by Gasteiger charge is 2.52. The van der Waals surface area contributed by atoms with Crippen molar-refractivity contribution in [1.29, 1.82) is 0 Å². The van der Waals surface area contributed by atoms with Crippen LogP contribution in [0.5, 0.6) is 0 Å². The Morgan fingerprint density at radius 3 is 2.49 bits per heavy atom. The number of thioether (sulfide) groups is 1. The first kappa shape index (κ1) is 24.2. The van der Waals surface area contributed by atoms with Gasteiger partial charge in [0.25, 0.3) is 5.91 Å². The second-order valence-corrected chi connectivity index (χ2v) is 12.2. The number of nitrogens with one attached hydrogen (secondary N) is 1. The molecular weight excluding hydrogens is 486 g/mol. The first-order chi connectivity index (χ1) is 16.8. The number of nitrogens with zero attached hydrogens (tertiary/aromatic N) is 4. The van der Waals surface area contributed by atoms with Crippen molar-refractivity contribution in [3.63, 3.8) is 0 Å². The first-order valence-electron chi connectivity index (χ1n) is 11.8. The van der Waals surface area contributed by atoms with Crippen LogP contribution in [0.15, 0.2) is 52.5 Å². The predicted molar refractivity (Wildman–Crippen MR) is 135 cm³/mol. The lowest BCUT2D eigenvalue weighted by Crippen LogP contribution is -2.61. The summed E-state index contributed by atoms with van der Waals surface area (Å²) in [5.74, 6) is -0.181. The minimum Gasteiger partial charge on any atom is -0.322 e. The number of carbonyl (C=O) groups is 2. The van der Waals surface area contributed by atoms with Gasteiger partial charge < -0.3 is 10.2 Å². The fraction of sp³-hybridized carbons (Fsp3) is 0.458. The van der Waals surface area contributed by atoms with Crippen LogP contribution in [0.3, 0.4) is 0 Å². The number of amides is 2. The SMILES string of the molecule is CN1CCN(S(=O)(=O)c2ccc(SCC(=O)N3c4ccccc4NC(=O)C34CCCC4)nc2)CC1. The first-order valence-corrected chi connectivity index (χ1v) is 14.2. The number of pyridine rings is 1. The maximum atomic E-state index is 13.5. The normalized spacial score (nSPS) is 20.6. The Morgan fingerprint density at radius 2 is 1.80 bits per heavy atom. The quantitative estimate of drug-likeness (QED) is 0.610. The van der Waals surface area contributed by atoms with E-state index in [0.717, 1.165) is 18.5 Å². The Morgan fingerprint density at radius 1 is 1.09 bits per heavy atom. The smallest absolute Gasteiger partial charge is 0.250 e. The van der Waals surface area contributed by atoms with Crippen molar-refractivity contribution in [2.24, 2.45) is 0 Å². The van der Waals surface area contributed by atoms with Gasteiger partial charge in [-0.15, -0.1) is 0 Å². The van der Waals surface area contributed by atoms with Gasteiger partial charge in [0.05, 0.1) is 22.2 Å². The number of rotatable bonds is 5. The van der Waals surface area contributed by atoms with Crippen LogP contribution in [0.1, 0.15) is 25.7 Å². The van der Waals surface area contributed by atoms with Crippen LogP contribution in [-0.2, 0) is 19.6 Å². The molecule has 1 saturated heterocycles. The number of para-hydroxylation sites is 2. The maximum absolute atomic E-state index is 13.5. The zero-order valence-corrected chi connectivity index (χ0v) is 21.3. The summed E-state index contributed by atoms with van der Waals surface area (Å²) in [5, 5.41) is 3.55. The van der Waals surface area contributed by atoms with E-state index < -0.39 is 15.6 Å². The van der Waals surface area contributed by atoms with Gasteiger partial charge in [-0.25, -0.2) is 13.4 Å². The lowest BCUT2D eigenvalue weighted by molar-refractivity contribution is -0.126. The molecule has 2 aliphatic heterocycles. The molecule has 1 saturated carbocycles. The molecule has 1 spiro atoms. The van der Waals surface area contributed by atoms with Crippen molar-refractivity contribution in [2.45, 2.75) is 41.1 Å². The van der Waals surface area contributed by atoms with Gasteiger partial charge in [0.2, 0.25) is 15.9 Å². The summed E-state index contributed by atoms with van der Waals surface area (Å²) in [5.41, 5.74) is 0.519. The van der Waals surface area contributed by atoms with E-state index in [4.69, 9.17) is 0 Å². The molecule has 3 heterocycles. The minimum atomic E-state index is -3.59. The molecule has 2 fully saturated rings. The highest BCUT2D eigenvalue weighted by atomic mass is 32.2. The minimum absolute atomic E-state index is 0.0981. The molecule has 35 heavy (non-hydrogen) atoms. The molecule has 0 unspecified atom stereocenters. The number of piperazine rings is 1. The Bertz CT molecular complexity index is 1220. The van der Waals surface area contributed by atoms with Crippen molar-refractivity contribution in [3.05, 3.63) is 42.6 Å². The Labute approximate surface area is 209 Å². The molecule has 2 amide bonds. The predicted octanol–water partition coefficient (Wildman–Crippen LogP) is 2.41. The monoisotopic (exact) mass is 515 g/mol. The summed E-state index contributed by atoms with van der Waals surface area (Å²) in [6.45, 7) is 2.30. The van der Waals surface area contributed by atoms with Gasteiger partial charge in [-0.1, -0.05) is 36.7 Å². The van der Waals surface area contributed by atoms with Gasteiger partial charge in [-0.05, 0) is 44.2 Å². The molecule has 0 radical (unpaired) electrons. The fourth-order valence-corrected chi connectivity index (χ4v) is 7.17. The fourth-order valence-electron chi connectivity index (χ4n) is 5.11. The molecule has 1 N–H and O–H groups in total. The second kappa shape index (κ2) is 9.53. The molecule has 0 atom stereocenters. The number of anilines is 2. The second-order valence-electron chi connectivity index (χ2n) is 9.27. The van der Waals surface area contributed by atoms with E-state index in [-0.39, 0.29) is 22.5 Å². The van der Waals surface area contributed by atoms with Crippen LogP contribution in [0, 0.1) is 0 Å². The third kappa shape index (κ3) is 4.46. The van der Waals surface area contributed by atoms with Crippen LogP contribution in [0.2, 0.25) is 0 Å². The molecule has 3 aliphatic rings. The molecule has 9 nitrogen and oxygen atoms in total. The summed E-state index contributed by atoms with van der Waals surface area (Å²) < 4.78 is 27.3. The van der Waals surface area contributed by atoms with E-state index in [2.05, 4.69) is 15.2 Å². The Kier molecular flexibility index (Phi) is 6.60. The highest BCUT2D eigenvalue weighted by molar-refractivity contribution is 7.99. The van der Waals surface area contributed by atoms with E-state index in [9.17, 15) is 18.0 Å². The third-order valence-electron chi connectivity index (χ3n) is 7.08. The summed E-state index contributed by atoms with van der Waals surface area (Å²) in [6, 6.07) is 10.6. The number of fused-ring (bicyclic) bond motifs is 1. The van der Waals surface area contributed by atoms with E-state index in [1.807, 2.05) is 31.3 Å². The van der Waals surface area contributed by atoms with E-state index >= 15 is 0 Å². The van der Waals surface area contributed by atoms with Crippen molar-refractivity contribution >= 4 is 45.0 Å². The third-order valence-corrected chi connectivity index (χ3v) is 9.89. The van der Waals surface area contributed by atoms with Gasteiger partial charge >= 0.3 is 0 Å². The number of likely N-dealkylation sites (N-methyl/N-ethyl adjacent to an activating group) is 1. The van der Waals surface area contributed by atoms with Gasteiger partial charge in [0.15, 0.2) is 0 Å². The lowest BCUT2D eigenvalue weighted by Gasteiger charge is -2.44. The highest BCUT2D eigenvalue weighted by Crippen LogP contribution is 2.45.